The topological polar surface area (TPSA) is 80.9 Å². The number of hydrogen-bond acceptors (Lipinski definition) is 4. The van der Waals surface area contributed by atoms with Crippen molar-refractivity contribution in [2.24, 2.45) is 0 Å². The predicted molar refractivity (Wildman–Crippen MR) is 100 cm³/mol. The average molecular weight is 354 g/mol. The molecule has 2 aliphatic carbocycles. The van der Waals surface area contributed by atoms with E-state index in [9.17, 15) is 20.4 Å². The van der Waals surface area contributed by atoms with Gasteiger partial charge in [-0.3, -0.25) is 0 Å². The summed E-state index contributed by atoms with van der Waals surface area (Å²) in [6, 6.07) is 6.77. The Kier molecular flexibility index (Phi) is 3.20. The first kappa shape index (κ1) is 17.1. The Bertz CT molecular complexity index is 930. The van der Waals surface area contributed by atoms with Crippen molar-refractivity contribution >= 4 is 0 Å². The van der Waals surface area contributed by atoms with E-state index < -0.39 is 0 Å². The lowest BCUT2D eigenvalue weighted by Crippen LogP contribution is -2.27. The SMILES string of the molecule is CCC1(C)CC2(CC(C)(C)c3cc(O)c(O)cc32)c2cc(O)c(O)cc21. The maximum Gasteiger partial charge on any atom is 0.157 e. The maximum absolute atomic E-state index is 10.2. The van der Waals surface area contributed by atoms with Gasteiger partial charge in [-0.15, -0.1) is 0 Å². The largest absolute Gasteiger partial charge is 0.504 e. The van der Waals surface area contributed by atoms with Crippen LogP contribution in [0.4, 0.5) is 0 Å². The second kappa shape index (κ2) is 4.87. The molecule has 2 unspecified atom stereocenters. The van der Waals surface area contributed by atoms with Gasteiger partial charge in [0.2, 0.25) is 0 Å². The number of fused-ring (bicyclic) bond motifs is 4. The zero-order valence-electron chi connectivity index (χ0n) is 15.7. The van der Waals surface area contributed by atoms with E-state index in [0.29, 0.717) is 0 Å². The molecule has 0 saturated carbocycles. The van der Waals surface area contributed by atoms with Crippen molar-refractivity contribution in [2.45, 2.75) is 63.2 Å². The Labute approximate surface area is 153 Å². The average Bonchev–Trinajstić information content (AvgIpc) is 2.91. The van der Waals surface area contributed by atoms with Crippen molar-refractivity contribution in [1.29, 1.82) is 0 Å². The molecule has 2 aromatic rings. The number of aromatic hydroxyl groups is 4. The van der Waals surface area contributed by atoms with E-state index in [1.165, 1.54) is 0 Å². The van der Waals surface area contributed by atoms with Gasteiger partial charge in [0.1, 0.15) is 0 Å². The molecule has 4 rings (SSSR count). The molecule has 0 radical (unpaired) electrons. The molecule has 2 aromatic carbocycles. The molecule has 1 spiro atoms. The summed E-state index contributed by atoms with van der Waals surface area (Å²) in [6.45, 7) is 8.64. The molecule has 0 amide bonds. The van der Waals surface area contributed by atoms with Crippen LogP contribution in [-0.4, -0.2) is 20.4 Å². The van der Waals surface area contributed by atoms with Gasteiger partial charge in [0, 0.05) is 5.41 Å². The van der Waals surface area contributed by atoms with Gasteiger partial charge in [0.05, 0.1) is 0 Å². The Morgan fingerprint density at radius 2 is 1.12 bits per heavy atom. The Balaban J connectivity index is 2.07. The molecule has 0 aliphatic heterocycles. The number of rotatable bonds is 1. The molecular weight excluding hydrogens is 328 g/mol. The third kappa shape index (κ3) is 1.96. The fourth-order valence-electron chi connectivity index (χ4n) is 5.52. The second-order valence-corrected chi connectivity index (χ2v) is 9.01. The highest BCUT2D eigenvalue weighted by Gasteiger charge is 2.57. The summed E-state index contributed by atoms with van der Waals surface area (Å²) in [7, 11) is 0. The highest BCUT2D eigenvalue weighted by molar-refractivity contribution is 5.65. The summed E-state index contributed by atoms with van der Waals surface area (Å²) in [6.07, 6.45) is 2.58. The van der Waals surface area contributed by atoms with Crippen LogP contribution in [0.25, 0.3) is 0 Å². The summed E-state index contributed by atoms with van der Waals surface area (Å²) in [5.74, 6) is -0.418. The van der Waals surface area contributed by atoms with Gasteiger partial charge in [0.25, 0.3) is 0 Å². The maximum atomic E-state index is 10.2. The first-order valence-corrected chi connectivity index (χ1v) is 9.18. The van der Waals surface area contributed by atoms with Crippen molar-refractivity contribution in [3.05, 3.63) is 46.5 Å². The highest BCUT2D eigenvalue weighted by Crippen LogP contribution is 2.65. The smallest absolute Gasteiger partial charge is 0.157 e. The van der Waals surface area contributed by atoms with Crippen LogP contribution in [0, 0.1) is 0 Å². The van der Waals surface area contributed by atoms with Gasteiger partial charge < -0.3 is 20.4 Å². The van der Waals surface area contributed by atoms with Gasteiger partial charge in [-0.2, -0.15) is 0 Å². The van der Waals surface area contributed by atoms with Crippen molar-refractivity contribution in [1.82, 2.24) is 0 Å². The van der Waals surface area contributed by atoms with E-state index in [2.05, 4.69) is 27.7 Å². The summed E-state index contributed by atoms with van der Waals surface area (Å²) < 4.78 is 0. The molecule has 0 heterocycles. The van der Waals surface area contributed by atoms with Crippen LogP contribution < -0.4 is 0 Å². The first-order chi connectivity index (χ1) is 12.0. The van der Waals surface area contributed by atoms with Crippen LogP contribution in [0.5, 0.6) is 23.0 Å². The first-order valence-electron chi connectivity index (χ1n) is 9.18. The van der Waals surface area contributed by atoms with Gasteiger partial charge in [-0.05, 0) is 76.6 Å². The molecular formula is C22H26O4. The number of benzene rings is 2. The summed E-state index contributed by atoms with van der Waals surface area (Å²) >= 11 is 0. The molecule has 138 valence electrons. The van der Waals surface area contributed by atoms with Gasteiger partial charge in [0.15, 0.2) is 23.0 Å². The minimum absolute atomic E-state index is 0.0912. The quantitative estimate of drug-likeness (QED) is 0.567. The van der Waals surface area contributed by atoms with E-state index in [0.717, 1.165) is 41.5 Å². The lowest BCUT2D eigenvalue weighted by molar-refractivity contribution is 0.329. The van der Waals surface area contributed by atoms with Crippen LogP contribution in [0.15, 0.2) is 24.3 Å². The Morgan fingerprint density at radius 3 is 1.62 bits per heavy atom. The molecule has 0 saturated heterocycles. The normalized spacial score (nSPS) is 28.3. The van der Waals surface area contributed by atoms with E-state index in [4.69, 9.17) is 0 Å². The number of phenols is 4. The van der Waals surface area contributed by atoms with Crippen molar-refractivity contribution in [2.75, 3.05) is 0 Å². The molecule has 4 N–H and O–H groups in total. The molecule has 2 atom stereocenters. The molecule has 4 nitrogen and oxygen atoms in total. The summed E-state index contributed by atoms with van der Waals surface area (Å²) in [5, 5.41) is 40.5. The summed E-state index contributed by atoms with van der Waals surface area (Å²) in [5.41, 5.74) is 3.47. The van der Waals surface area contributed by atoms with Gasteiger partial charge in [-0.1, -0.05) is 27.7 Å². The molecule has 0 fully saturated rings. The number of phenolic OH excluding ortho intramolecular Hbond substituents is 4. The van der Waals surface area contributed by atoms with E-state index in [-0.39, 0.29) is 39.2 Å². The van der Waals surface area contributed by atoms with Crippen molar-refractivity contribution in [3.8, 4) is 23.0 Å². The molecule has 26 heavy (non-hydrogen) atoms. The van der Waals surface area contributed by atoms with Crippen LogP contribution in [-0.2, 0) is 16.2 Å². The molecule has 0 aromatic heterocycles. The number of hydrogen-bond donors (Lipinski definition) is 4. The second-order valence-electron chi connectivity index (χ2n) is 9.01. The lowest BCUT2D eigenvalue weighted by Gasteiger charge is -2.31. The molecule has 0 bridgehead atoms. The minimum atomic E-state index is -0.352. The van der Waals surface area contributed by atoms with Gasteiger partial charge in [-0.25, -0.2) is 0 Å². The van der Waals surface area contributed by atoms with Crippen LogP contribution in [0.3, 0.4) is 0 Å². The lowest BCUT2D eigenvalue weighted by atomic mass is 9.71. The Morgan fingerprint density at radius 1 is 0.692 bits per heavy atom. The molecule has 4 heteroatoms. The van der Waals surface area contributed by atoms with E-state index in [1.807, 2.05) is 0 Å². The van der Waals surface area contributed by atoms with E-state index in [1.54, 1.807) is 24.3 Å². The third-order valence-electron chi connectivity index (χ3n) is 6.86. The third-order valence-corrected chi connectivity index (χ3v) is 6.86. The zero-order valence-corrected chi connectivity index (χ0v) is 15.7. The minimum Gasteiger partial charge on any atom is -0.504 e. The highest BCUT2D eigenvalue weighted by atomic mass is 16.3. The van der Waals surface area contributed by atoms with Crippen molar-refractivity contribution in [3.63, 3.8) is 0 Å². The predicted octanol–water partition coefficient (Wildman–Crippen LogP) is 4.55. The fourth-order valence-corrected chi connectivity index (χ4v) is 5.52. The van der Waals surface area contributed by atoms with Crippen LogP contribution >= 0.6 is 0 Å². The monoisotopic (exact) mass is 354 g/mol. The standard InChI is InChI=1S/C22H26O4/c1-5-21(4)11-22(15-9-19(26)17(24)7-13(15)21)10-20(2,3)12-6-16(23)18(25)8-14(12)22/h6-9,23-26H,5,10-11H2,1-4H3. The van der Waals surface area contributed by atoms with Crippen LogP contribution in [0.1, 0.15) is 69.2 Å². The fraction of sp³-hybridized carbons (Fsp3) is 0.455. The van der Waals surface area contributed by atoms with E-state index >= 15 is 0 Å². The van der Waals surface area contributed by atoms with Gasteiger partial charge >= 0.3 is 0 Å². The van der Waals surface area contributed by atoms with Crippen molar-refractivity contribution < 1.29 is 20.4 Å². The Hall–Kier alpha value is -2.36. The van der Waals surface area contributed by atoms with Crippen LogP contribution in [0.2, 0.25) is 0 Å². The zero-order chi connectivity index (χ0) is 19.1. The summed E-state index contributed by atoms with van der Waals surface area (Å²) in [4.78, 5) is 0. The molecule has 2 aliphatic rings.